The van der Waals surface area contributed by atoms with Gasteiger partial charge in [0.2, 0.25) is 0 Å². The molecule has 0 heterocycles. The summed E-state index contributed by atoms with van der Waals surface area (Å²) in [5, 5.41) is 0. The maximum atomic E-state index is 10.7. The van der Waals surface area contributed by atoms with E-state index in [4.69, 9.17) is 0 Å². The van der Waals surface area contributed by atoms with E-state index in [1.165, 1.54) is 12.0 Å². The molecular formula is C12H12O. The fourth-order valence-corrected chi connectivity index (χ4v) is 1.45. The Morgan fingerprint density at radius 1 is 1.31 bits per heavy atom. The van der Waals surface area contributed by atoms with Gasteiger partial charge in [-0.05, 0) is 17.9 Å². The average molecular weight is 172 g/mol. The van der Waals surface area contributed by atoms with Crippen molar-refractivity contribution in [2.45, 2.75) is 13.3 Å². The van der Waals surface area contributed by atoms with Crippen molar-refractivity contribution >= 4 is 12.4 Å². The molecule has 1 fully saturated rings. The second-order valence-corrected chi connectivity index (χ2v) is 3.57. The third-order valence-electron chi connectivity index (χ3n) is 2.48. The topological polar surface area (TPSA) is 17.1 Å². The summed E-state index contributed by atoms with van der Waals surface area (Å²) in [6.45, 7) is 2.20. The van der Waals surface area contributed by atoms with Gasteiger partial charge in [-0.25, -0.2) is 0 Å². The molecule has 0 bridgehead atoms. The van der Waals surface area contributed by atoms with Gasteiger partial charge in [-0.1, -0.05) is 42.8 Å². The largest absolute Gasteiger partial charge is 0.298 e. The van der Waals surface area contributed by atoms with Gasteiger partial charge in [0.1, 0.15) is 0 Å². The van der Waals surface area contributed by atoms with E-state index in [1.807, 2.05) is 24.3 Å². The van der Waals surface area contributed by atoms with Gasteiger partial charge in [0, 0.05) is 5.56 Å². The molecule has 1 atom stereocenters. The number of rotatable bonds is 2. The Morgan fingerprint density at radius 2 is 1.92 bits per heavy atom. The van der Waals surface area contributed by atoms with Crippen LogP contribution in [0.1, 0.15) is 29.3 Å². The number of hydrogen-bond donors (Lipinski definition) is 0. The lowest BCUT2D eigenvalue weighted by Crippen LogP contribution is -1.83. The number of carbonyl (C=O) groups is 1. The molecule has 0 radical (unpaired) electrons. The first-order chi connectivity index (χ1) is 6.31. The minimum absolute atomic E-state index is 0.722. The quantitative estimate of drug-likeness (QED) is 0.627. The Labute approximate surface area is 78.1 Å². The monoisotopic (exact) mass is 172 g/mol. The van der Waals surface area contributed by atoms with E-state index in [0.717, 1.165) is 23.3 Å². The highest BCUT2D eigenvalue weighted by molar-refractivity contribution is 5.82. The molecule has 0 amide bonds. The van der Waals surface area contributed by atoms with Gasteiger partial charge in [-0.3, -0.25) is 4.79 Å². The zero-order valence-electron chi connectivity index (χ0n) is 7.66. The second-order valence-electron chi connectivity index (χ2n) is 3.57. The molecular weight excluding hydrogens is 160 g/mol. The summed E-state index contributed by atoms with van der Waals surface area (Å²) >= 11 is 0. The molecule has 13 heavy (non-hydrogen) atoms. The van der Waals surface area contributed by atoms with Crippen LogP contribution >= 0.6 is 0 Å². The molecule has 0 unspecified atom stereocenters. The van der Waals surface area contributed by atoms with Gasteiger partial charge in [-0.2, -0.15) is 0 Å². The minimum atomic E-state index is 0.722. The SMILES string of the molecule is C[C@H]1C/C1=C/c1ccccc1C=O. The number of allylic oxidation sites excluding steroid dienone is 1. The Hall–Kier alpha value is -1.37. The van der Waals surface area contributed by atoms with Crippen molar-refractivity contribution in [3.63, 3.8) is 0 Å². The lowest BCUT2D eigenvalue weighted by Gasteiger charge is -1.96. The number of carbonyl (C=O) groups excluding carboxylic acids is 1. The Morgan fingerprint density at radius 3 is 2.46 bits per heavy atom. The molecule has 0 N–H and O–H groups in total. The molecule has 0 aliphatic heterocycles. The van der Waals surface area contributed by atoms with Crippen LogP contribution in [0.15, 0.2) is 29.8 Å². The van der Waals surface area contributed by atoms with E-state index < -0.39 is 0 Å². The van der Waals surface area contributed by atoms with E-state index in [2.05, 4.69) is 13.0 Å². The van der Waals surface area contributed by atoms with Gasteiger partial charge in [0.05, 0.1) is 0 Å². The number of aldehydes is 1. The third-order valence-corrected chi connectivity index (χ3v) is 2.48. The normalized spacial score (nSPS) is 23.2. The highest BCUT2D eigenvalue weighted by Crippen LogP contribution is 2.38. The Balaban J connectivity index is 2.34. The summed E-state index contributed by atoms with van der Waals surface area (Å²) in [4.78, 5) is 10.7. The summed E-state index contributed by atoms with van der Waals surface area (Å²) in [6, 6.07) is 7.70. The third kappa shape index (κ3) is 1.69. The first kappa shape index (κ1) is 8.24. The van der Waals surface area contributed by atoms with Crippen molar-refractivity contribution in [2.75, 3.05) is 0 Å². The van der Waals surface area contributed by atoms with Crippen LogP contribution in [0.2, 0.25) is 0 Å². The van der Waals surface area contributed by atoms with Gasteiger partial charge < -0.3 is 0 Å². The van der Waals surface area contributed by atoms with E-state index in [0.29, 0.717) is 0 Å². The predicted octanol–water partition coefficient (Wildman–Crippen LogP) is 2.92. The van der Waals surface area contributed by atoms with E-state index >= 15 is 0 Å². The number of benzene rings is 1. The van der Waals surface area contributed by atoms with E-state index in [1.54, 1.807) is 0 Å². The molecule has 1 nitrogen and oxygen atoms in total. The lowest BCUT2D eigenvalue weighted by atomic mass is 10.1. The maximum absolute atomic E-state index is 10.7. The van der Waals surface area contributed by atoms with Gasteiger partial charge in [0.15, 0.2) is 6.29 Å². The molecule has 0 aromatic heterocycles. The highest BCUT2D eigenvalue weighted by atomic mass is 16.1. The Kier molecular flexibility index (Phi) is 2.01. The predicted molar refractivity (Wildman–Crippen MR) is 53.6 cm³/mol. The van der Waals surface area contributed by atoms with Crippen molar-refractivity contribution in [2.24, 2.45) is 5.92 Å². The first-order valence-electron chi connectivity index (χ1n) is 4.56. The molecule has 2 rings (SSSR count). The van der Waals surface area contributed by atoms with Gasteiger partial charge in [-0.15, -0.1) is 0 Å². The number of hydrogen-bond acceptors (Lipinski definition) is 1. The first-order valence-corrected chi connectivity index (χ1v) is 4.56. The molecule has 0 saturated heterocycles. The fourth-order valence-electron chi connectivity index (χ4n) is 1.45. The van der Waals surface area contributed by atoms with Crippen LogP contribution in [-0.2, 0) is 0 Å². The van der Waals surface area contributed by atoms with Crippen molar-refractivity contribution in [3.8, 4) is 0 Å². The maximum Gasteiger partial charge on any atom is 0.150 e. The molecule has 1 heteroatoms. The van der Waals surface area contributed by atoms with Crippen molar-refractivity contribution in [1.82, 2.24) is 0 Å². The molecule has 1 aromatic carbocycles. The zero-order chi connectivity index (χ0) is 9.26. The van der Waals surface area contributed by atoms with Gasteiger partial charge >= 0.3 is 0 Å². The summed E-state index contributed by atoms with van der Waals surface area (Å²) in [6.07, 6.45) is 4.24. The molecule has 66 valence electrons. The summed E-state index contributed by atoms with van der Waals surface area (Å²) in [5.74, 6) is 0.722. The molecule has 0 spiro atoms. The Bertz CT molecular complexity index is 363. The summed E-state index contributed by atoms with van der Waals surface area (Å²) in [5.41, 5.74) is 3.29. The van der Waals surface area contributed by atoms with E-state index in [-0.39, 0.29) is 0 Å². The van der Waals surface area contributed by atoms with Crippen molar-refractivity contribution in [3.05, 3.63) is 41.0 Å². The van der Waals surface area contributed by atoms with Crippen LogP contribution in [0.5, 0.6) is 0 Å². The van der Waals surface area contributed by atoms with Crippen molar-refractivity contribution in [1.29, 1.82) is 0 Å². The molecule has 1 aliphatic rings. The molecule has 1 aromatic rings. The highest BCUT2D eigenvalue weighted by Gasteiger charge is 2.23. The van der Waals surface area contributed by atoms with Crippen LogP contribution in [0.3, 0.4) is 0 Å². The van der Waals surface area contributed by atoms with Crippen LogP contribution in [0.4, 0.5) is 0 Å². The molecule has 1 saturated carbocycles. The summed E-state index contributed by atoms with van der Waals surface area (Å²) < 4.78 is 0. The van der Waals surface area contributed by atoms with Crippen LogP contribution < -0.4 is 0 Å². The zero-order valence-corrected chi connectivity index (χ0v) is 7.66. The van der Waals surface area contributed by atoms with Gasteiger partial charge in [0.25, 0.3) is 0 Å². The minimum Gasteiger partial charge on any atom is -0.298 e. The van der Waals surface area contributed by atoms with Crippen molar-refractivity contribution < 1.29 is 4.79 Å². The standard InChI is InChI=1S/C12H12O/c1-9-6-12(9)7-10-4-2-3-5-11(10)8-13/h2-5,7-9H,6H2,1H3/b12-7-/t9-/m0/s1. The van der Waals surface area contributed by atoms with Crippen LogP contribution in [0, 0.1) is 5.92 Å². The average Bonchev–Trinajstić information content (AvgIpc) is 2.83. The van der Waals surface area contributed by atoms with E-state index in [9.17, 15) is 4.79 Å². The fraction of sp³-hybridized carbons (Fsp3) is 0.250. The lowest BCUT2D eigenvalue weighted by molar-refractivity contribution is 0.112. The summed E-state index contributed by atoms with van der Waals surface area (Å²) in [7, 11) is 0. The smallest absolute Gasteiger partial charge is 0.150 e. The second kappa shape index (κ2) is 3.17. The van der Waals surface area contributed by atoms with Crippen LogP contribution in [0.25, 0.3) is 6.08 Å². The molecule has 1 aliphatic carbocycles. The van der Waals surface area contributed by atoms with Crippen LogP contribution in [-0.4, -0.2) is 6.29 Å².